The molecule has 144 valence electrons. The molecule has 0 heterocycles. The Morgan fingerprint density at radius 2 is 2.04 bits per heavy atom. The number of hydrogen-bond donors (Lipinski definition) is 1. The van der Waals surface area contributed by atoms with Gasteiger partial charge in [-0.05, 0) is 42.3 Å². The lowest BCUT2D eigenvalue weighted by Gasteiger charge is -2.06. The number of nitro benzene ring substituents is 1. The van der Waals surface area contributed by atoms with Gasteiger partial charge in [-0.1, -0.05) is 37.1 Å². The number of amides is 1. The van der Waals surface area contributed by atoms with E-state index in [4.69, 9.17) is 16.3 Å². The van der Waals surface area contributed by atoms with Crippen molar-refractivity contribution in [2.45, 2.75) is 19.8 Å². The highest BCUT2D eigenvalue weighted by molar-refractivity contribution is 6.32. The van der Waals surface area contributed by atoms with Crippen molar-refractivity contribution in [1.29, 1.82) is 5.26 Å². The van der Waals surface area contributed by atoms with Crippen molar-refractivity contribution in [3.05, 3.63) is 68.7 Å². The molecule has 0 aliphatic rings. The number of nitrogens with one attached hydrogen (secondary N) is 1. The summed E-state index contributed by atoms with van der Waals surface area (Å²) in [7, 11) is 0. The molecule has 28 heavy (non-hydrogen) atoms. The van der Waals surface area contributed by atoms with Crippen molar-refractivity contribution in [3.8, 4) is 11.8 Å². The van der Waals surface area contributed by atoms with Gasteiger partial charge in [0.05, 0.1) is 11.5 Å². The molecule has 0 aromatic heterocycles. The van der Waals surface area contributed by atoms with Crippen LogP contribution in [0.15, 0.2) is 48.0 Å². The fourth-order valence-electron chi connectivity index (χ4n) is 2.24. The van der Waals surface area contributed by atoms with Gasteiger partial charge in [-0.3, -0.25) is 14.9 Å². The van der Waals surface area contributed by atoms with E-state index in [-0.39, 0.29) is 22.0 Å². The smallest absolute Gasteiger partial charge is 0.289 e. The molecule has 2 rings (SSSR count). The Morgan fingerprint density at radius 1 is 1.32 bits per heavy atom. The number of unbranched alkanes of at least 4 members (excludes halogenated alkanes) is 1. The second-order valence-corrected chi connectivity index (χ2v) is 6.23. The number of carbonyl (C=O) groups excluding carboxylic acids is 1. The van der Waals surface area contributed by atoms with Crippen LogP contribution in [-0.4, -0.2) is 17.4 Å². The van der Waals surface area contributed by atoms with E-state index in [1.807, 2.05) is 6.07 Å². The minimum atomic E-state index is -0.678. The Hall–Kier alpha value is -3.37. The van der Waals surface area contributed by atoms with Crippen LogP contribution < -0.4 is 10.1 Å². The van der Waals surface area contributed by atoms with Crippen LogP contribution in [0.3, 0.4) is 0 Å². The third kappa shape index (κ3) is 5.83. The number of anilines is 1. The van der Waals surface area contributed by atoms with Crippen molar-refractivity contribution >= 4 is 35.0 Å². The van der Waals surface area contributed by atoms with Gasteiger partial charge < -0.3 is 10.1 Å². The Kier molecular flexibility index (Phi) is 7.55. The molecule has 7 nitrogen and oxygen atoms in total. The third-order valence-corrected chi connectivity index (χ3v) is 4.04. The SMILES string of the molecule is CCCCOc1ccc(/C=C(\C#N)C(=O)Nc2ccc(Cl)c([N+](=O)[O-])c2)cc1. The van der Waals surface area contributed by atoms with E-state index in [9.17, 15) is 20.2 Å². The Balaban J connectivity index is 2.12. The molecular weight excluding hydrogens is 382 g/mol. The van der Waals surface area contributed by atoms with Crippen LogP contribution in [0.2, 0.25) is 5.02 Å². The first-order valence-electron chi connectivity index (χ1n) is 8.54. The zero-order valence-electron chi connectivity index (χ0n) is 15.1. The Bertz CT molecular complexity index is 933. The van der Waals surface area contributed by atoms with Crippen molar-refractivity contribution in [2.24, 2.45) is 0 Å². The molecule has 0 fully saturated rings. The first-order valence-corrected chi connectivity index (χ1v) is 8.92. The lowest BCUT2D eigenvalue weighted by Crippen LogP contribution is -2.13. The van der Waals surface area contributed by atoms with Gasteiger partial charge in [0.15, 0.2) is 0 Å². The lowest BCUT2D eigenvalue weighted by molar-refractivity contribution is -0.384. The average Bonchev–Trinajstić information content (AvgIpc) is 2.68. The number of benzene rings is 2. The first kappa shape index (κ1) is 20.9. The molecule has 0 saturated carbocycles. The van der Waals surface area contributed by atoms with Crippen LogP contribution in [0.4, 0.5) is 11.4 Å². The maximum Gasteiger partial charge on any atom is 0.289 e. The number of rotatable bonds is 8. The van der Waals surface area contributed by atoms with Crippen LogP contribution in [0.5, 0.6) is 5.75 Å². The van der Waals surface area contributed by atoms with E-state index in [0.717, 1.165) is 18.9 Å². The molecule has 0 bridgehead atoms. The van der Waals surface area contributed by atoms with Crippen LogP contribution >= 0.6 is 11.6 Å². The molecule has 0 aliphatic carbocycles. The zero-order valence-corrected chi connectivity index (χ0v) is 15.9. The van der Waals surface area contributed by atoms with Crippen molar-refractivity contribution in [3.63, 3.8) is 0 Å². The van der Waals surface area contributed by atoms with E-state index in [2.05, 4.69) is 12.2 Å². The fourth-order valence-corrected chi connectivity index (χ4v) is 2.43. The summed E-state index contributed by atoms with van der Waals surface area (Å²) >= 11 is 5.75. The predicted molar refractivity (Wildman–Crippen MR) is 107 cm³/mol. The Labute approximate surface area is 167 Å². The second-order valence-electron chi connectivity index (χ2n) is 5.82. The maximum atomic E-state index is 12.3. The first-order chi connectivity index (χ1) is 13.4. The minimum Gasteiger partial charge on any atom is -0.494 e. The predicted octanol–water partition coefficient (Wildman–Crippen LogP) is 4.97. The molecule has 0 radical (unpaired) electrons. The van der Waals surface area contributed by atoms with Crippen LogP contribution in [0.25, 0.3) is 6.08 Å². The fraction of sp³-hybridized carbons (Fsp3) is 0.200. The highest BCUT2D eigenvalue weighted by atomic mass is 35.5. The summed E-state index contributed by atoms with van der Waals surface area (Å²) in [6, 6.07) is 12.7. The number of nitriles is 1. The molecule has 1 amide bonds. The molecule has 0 aliphatic heterocycles. The monoisotopic (exact) mass is 399 g/mol. The van der Waals surface area contributed by atoms with Crippen molar-refractivity contribution in [1.82, 2.24) is 0 Å². The van der Waals surface area contributed by atoms with Gasteiger partial charge in [-0.15, -0.1) is 0 Å². The maximum absolute atomic E-state index is 12.3. The highest BCUT2D eigenvalue weighted by Crippen LogP contribution is 2.27. The molecule has 0 unspecified atom stereocenters. The molecular formula is C20H18ClN3O4. The number of hydrogen-bond acceptors (Lipinski definition) is 5. The summed E-state index contributed by atoms with van der Waals surface area (Å²) in [5.41, 5.74) is 0.344. The molecule has 1 N–H and O–H groups in total. The zero-order chi connectivity index (χ0) is 20.5. The van der Waals surface area contributed by atoms with E-state index in [1.165, 1.54) is 18.2 Å². The summed E-state index contributed by atoms with van der Waals surface area (Å²) in [6.45, 7) is 2.71. The van der Waals surface area contributed by atoms with E-state index in [0.29, 0.717) is 17.9 Å². The van der Waals surface area contributed by atoms with Gasteiger partial charge in [0.1, 0.15) is 22.4 Å². The topological polar surface area (TPSA) is 105 Å². The van der Waals surface area contributed by atoms with Gasteiger partial charge in [0.2, 0.25) is 0 Å². The van der Waals surface area contributed by atoms with E-state index < -0.39 is 10.8 Å². The molecule has 2 aromatic carbocycles. The molecule has 2 aromatic rings. The van der Waals surface area contributed by atoms with Gasteiger partial charge in [0, 0.05) is 11.8 Å². The van der Waals surface area contributed by atoms with Crippen molar-refractivity contribution in [2.75, 3.05) is 11.9 Å². The summed E-state index contributed by atoms with van der Waals surface area (Å²) in [5, 5.41) is 22.6. The minimum absolute atomic E-state index is 0.0414. The van der Waals surface area contributed by atoms with Gasteiger partial charge >= 0.3 is 0 Å². The van der Waals surface area contributed by atoms with Gasteiger partial charge in [-0.25, -0.2) is 0 Å². The van der Waals surface area contributed by atoms with Crippen molar-refractivity contribution < 1.29 is 14.5 Å². The summed E-state index contributed by atoms with van der Waals surface area (Å²) in [4.78, 5) is 22.6. The number of ether oxygens (including phenoxy) is 1. The quantitative estimate of drug-likeness (QED) is 0.222. The van der Waals surface area contributed by atoms with Gasteiger partial charge in [0.25, 0.3) is 11.6 Å². The highest BCUT2D eigenvalue weighted by Gasteiger charge is 2.15. The third-order valence-electron chi connectivity index (χ3n) is 3.72. The average molecular weight is 400 g/mol. The molecule has 0 spiro atoms. The number of halogens is 1. The largest absolute Gasteiger partial charge is 0.494 e. The van der Waals surface area contributed by atoms with Crippen LogP contribution in [0.1, 0.15) is 25.3 Å². The summed E-state index contributed by atoms with van der Waals surface area (Å²) in [6.07, 6.45) is 3.43. The van der Waals surface area contributed by atoms with E-state index in [1.54, 1.807) is 24.3 Å². The number of carbonyl (C=O) groups is 1. The number of nitro groups is 1. The van der Waals surface area contributed by atoms with Gasteiger partial charge in [-0.2, -0.15) is 5.26 Å². The standard InChI is InChI=1S/C20H18ClN3O4/c1-2-3-10-28-17-7-4-14(5-8-17)11-15(13-22)20(25)23-16-6-9-18(21)19(12-16)24(26)27/h4-9,11-12H,2-3,10H2,1H3,(H,23,25)/b15-11+. The molecule has 0 atom stereocenters. The van der Waals surface area contributed by atoms with E-state index >= 15 is 0 Å². The molecule has 8 heteroatoms. The summed E-state index contributed by atoms with van der Waals surface area (Å²) < 4.78 is 5.57. The lowest BCUT2D eigenvalue weighted by atomic mass is 10.1. The Morgan fingerprint density at radius 3 is 2.64 bits per heavy atom. The van der Waals surface area contributed by atoms with Crippen LogP contribution in [0, 0.1) is 21.4 Å². The molecule has 0 saturated heterocycles. The summed E-state index contributed by atoms with van der Waals surface area (Å²) in [5.74, 6) is 0.0319. The second kappa shape index (κ2) is 10.1. The normalized spacial score (nSPS) is 10.8. The van der Waals surface area contributed by atoms with Crippen LogP contribution in [-0.2, 0) is 4.79 Å². The number of nitrogens with zero attached hydrogens (tertiary/aromatic N) is 2.